The summed E-state index contributed by atoms with van der Waals surface area (Å²) in [7, 11) is 0. The van der Waals surface area contributed by atoms with Gasteiger partial charge in [-0.15, -0.1) is 0 Å². The van der Waals surface area contributed by atoms with Crippen molar-refractivity contribution in [2.24, 2.45) is 0 Å². The fraction of sp³-hybridized carbons (Fsp3) is 0.0909. The largest absolute Gasteiger partial charge is 0.236 e. The van der Waals surface area contributed by atoms with Crippen LogP contribution >= 0.6 is 11.6 Å². The molecule has 0 aliphatic rings. The van der Waals surface area contributed by atoms with Gasteiger partial charge in [0.05, 0.1) is 18.0 Å². The molecule has 14 heavy (non-hydrogen) atoms. The smallest absolute Gasteiger partial charge is 0.134 e. The topological polar surface area (TPSA) is 36.7 Å². The summed E-state index contributed by atoms with van der Waals surface area (Å²) in [6.07, 6.45) is 0.302. The van der Waals surface area contributed by atoms with Crippen LogP contribution in [0.4, 0.5) is 0 Å². The van der Waals surface area contributed by atoms with E-state index in [-0.39, 0.29) is 0 Å². The van der Waals surface area contributed by atoms with Gasteiger partial charge in [0.15, 0.2) is 0 Å². The maximum atomic E-state index is 8.58. The molecule has 68 valence electrons. The van der Waals surface area contributed by atoms with Gasteiger partial charge in [-0.1, -0.05) is 29.8 Å². The molecule has 3 heteroatoms. The SMILES string of the molecule is N#CCc1cc2ccccc2nc1Cl. The Kier molecular flexibility index (Phi) is 2.34. The number of pyridine rings is 1. The minimum Gasteiger partial charge on any atom is -0.236 e. The van der Waals surface area contributed by atoms with Gasteiger partial charge in [0.2, 0.25) is 0 Å². The fourth-order valence-electron chi connectivity index (χ4n) is 1.35. The van der Waals surface area contributed by atoms with E-state index >= 15 is 0 Å². The molecule has 0 fully saturated rings. The lowest BCUT2D eigenvalue weighted by Gasteiger charge is -2.01. The minimum absolute atomic E-state index is 0.302. The van der Waals surface area contributed by atoms with Gasteiger partial charge in [-0.3, -0.25) is 0 Å². The third-order valence-electron chi connectivity index (χ3n) is 2.02. The van der Waals surface area contributed by atoms with E-state index in [1.165, 1.54) is 0 Å². The molecule has 0 unspecified atom stereocenters. The first-order chi connectivity index (χ1) is 6.81. The molecule has 1 aromatic heterocycles. The number of halogens is 1. The molecular formula is C11H7ClN2. The van der Waals surface area contributed by atoms with Crippen molar-refractivity contribution >= 4 is 22.5 Å². The van der Waals surface area contributed by atoms with Crippen LogP contribution in [0.15, 0.2) is 30.3 Å². The van der Waals surface area contributed by atoms with E-state index in [1.54, 1.807) is 0 Å². The molecular weight excluding hydrogens is 196 g/mol. The van der Waals surface area contributed by atoms with Gasteiger partial charge in [0, 0.05) is 10.9 Å². The first kappa shape index (κ1) is 8.98. The summed E-state index contributed by atoms with van der Waals surface area (Å²) >= 11 is 5.92. The average Bonchev–Trinajstić information content (AvgIpc) is 2.19. The second kappa shape index (κ2) is 3.65. The molecule has 0 amide bonds. The summed E-state index contributed by atoms with van der Waals surface area (Å²) in [5, 5.41) is 10.0. The van der Waals surface area contributed by atoms with Crippen molar-refractivity contribution in [2.45, 2.75) is 6.42 Å². The van der Waals surface area contributed by atoms with Crippen molar-refractivity contribution in [2.75, 3.05) is 0 Å². The molecule has 2 nitrogen and oxygen atoms in total. The Morgan fingerprint density at radius 1 is 1.36 bits per heavy atom. The van der Waals surface area contributed by atoms with E-state index in [1.807, 2.05) is 30.3 Å². The monoisotopic (exact) mass is 202 g/mol. The van der Waals surface area contributed by atoms with Crippen LogP contribution in [0.1, 0.15) is 5.56 Å². The van der Waals surface area contributed by atoms with Crippen LogP contribution in [0.25, 0.3) is 10.9 Å². The summed E-state index contributed by atoms with van der Waals surface area (Å²) in [5.41, 5.74) is 1.65. The minimum atomic E-state index is 0.302. The summed E-state index contributed by atoms with van der Waals surface area (Å²) in [6, 6.07) is 11.7. The highest BCUT2D eigenvalue weighted by Crippen LogP contribution is 2.20. The molecule has 0 aliphatic carbocycles. The highest BCUT2D eigenvalue weighted by atomic mass is 35.5. The molecule has 1 aromatic carbocycles. The van der Waals surface area contributed by atoms with Crippen LogP contribution in [0, 0.1) is 11.3 Å². The lowest BCUT2D eigenvalue weighted by Crippen LogP contribution is -1.88. The Bertz CT molecular complexity index is 514. The van der Waals surface area contributed by atoms with Crippen LogP contribution in [0.5, 0.6) is 0 Å². The van der Waals surface area contributed by atoms with E-state index in [4.69, 9.17) is 16.9 Å². The third kappa shape index (κ3) is 1.55. The number of nitriles is 1. The highest BCUT2D eigenvalue weighted by Gasteiger charge is 2.03. The third-order valence-corrected chi connectivity index (χ3v) is 2.35. The van der Waals surface area contributed by atoms with Gasteiger partial charge >= 0.3 is 0 Å². The maximum Gasteiger partial charge on any atom is 0.134 e. The molecule has 0 atom stereocenters. The highest BCUT2D eigenvalue weighted by molar-refractivity contribution is 6.30. The van der Waals surface area contributed by atoms with Crippen molar-refractivity contribution < 1.29 is 0 Å². The Morgan fingerprint density at radius 3 is 2.93 bits per heavy atom. The molecule has 0 saturated carbocycles. The van der Waals surface area contributed by atoms with Gasteiger partial charge in [-0.2, -0.15) is 5.26 Å². The lowest BCUT2D eigenvalue weighted by atomic mass is 10.1. The molecule has 0 bridgehead atoms. The molecule has 1 heterocycles. The first-order valence-electron chi connectivity index (χ1n) is 4.22. The zero-order valence-electron chi connectivity index (χ0n) is 7.37. The Morgan fingerprint density at radius 2 is 2.14 bits per heavy atom. The Hall–Kier alpha value is -1.59. The zero-order chi connectivity index (χ0) is 9.97. The van der Waals surface area contributed by atoms with Crippen molar-refractivity contribution in [3.8, 4) is 6.07 Å². The number of hydrogen-bond acceptors (Lipinski definition) is 2. The lowest BCUT2D eigenvalue weighted by molar-refractivity contribution is 1.22. The van der Waals surface area contributed by atoms with Crippen molar-refractivity contribution in [1.29, 1.82) is 5.26 Å². The predicted molar refractivity (Wildman–Crippen MR) is 56.1 cm³/mol. The number of hydrogen-bond donors (Lipinski definition) is 0. The van der Waals surface area contributed by atoms with Gasteiger partial charge in [-0.25, -0.2) is 4.98 Å². The normalized spacial score (nSPS) is 10.0. The quantitative estimate of drug-likeness (QED) is 0.667. The molecule has 2 aromatic rings. The van der Waals surface area contributed by atoms with Gasteiger partial charge in [0.1, 0.15) is 5.15 Å². The van der Waals surface area contributed by atoms with E-state index < -0.39 is 0 Å². The Labute approximate surface area is 86.8 Å². The molecule has 0 saturated heterocycles. The van der Waals surface area contributed by atoms with Crippen LogP contribution in [0.2, 0.25) is 5.15 Å². The van der Waals surface area contributed by atoms with E-state index in [0.717, 1.165) is 16.5 Å². The van der Waals surface area contributed by atoms with Crippen molar-refractivity contribution in [3.05, 3.63) is 41.0 Å². The van der Waals surface area contributed by atoms with Gasteiger partial charge in [0.25, 0.3) is 0 Å². The number of rotatable bonds is 1. The van der Waals surface area contributed by atoms with Gasteiger partial charge < -0.3 is 0 Å². The van der Waals surface area contributed by atoms with Crippen LogP contribution in [-0.4, -0.2) is 4.98 Å². The second-order valence-corrected chi connectivity index (χ2v) is 3.32. The fourth-order valence-corrected chi connectivity index (χ4v) is 1.56. The average molecular weight is 203 g/mol. The van der Waals surface area contributed by atoms with Crippen LogP contribution in [-0.2, 0) is 6.42 Å². The van der Waals surface area contributed by atoms with Crippen molar-refractivity contribution in [3.63, 3.8) is 0 Å². The van der Waals surface area contributed by atoms with Crippen LogP contribution < -0.4 is 0 Å². The predicted octanol–water partition coefficient (Wildman–Crippen LogP) is 2.95. The first-order valence-corrected chi connectivity index (χ1v) is 4.60. The van der Waals surface area contributed by atoms with Crippen molar-refractivity contribution in [1.82, 2.24) is 4.98 Å². The molecule has 0 aliphatic heterocycles. The zero-order valence-corrected chi connectivity index (χ0v) is 8.12. The maximum absolute atomic E-state index is 8.58. The summed E-state index contributed by atoms with van der Waals surface area (Å²) in [4.78, 5) is 4.21. The number of aromatic nitrogens is 1. The van der Waals surface area contributed by atoms with Crippen LogP contribution in [0.3, 0.4) is 0 Å². The summed E-state index contributed by atoms with van der Waals surface area (Å²) < 4.78 is 0. The molecule has 2 rings (SSSR count). The number of para-hydroxylation sites is 1. The summed E-state index contributed by atoms with van der Waals surface area (Å²) in [6.45, 7) is 0. The van der Waals surface area contributed by atoms with E-state index in [2.05, 4.69) is 11.1 Å². The summed E-state index contributed by atoms with van der Waals surface area (Å²) in [5.74, 6) is 0. The number of benzene rings is 1. The Balaban J connectivity index is 2.66. The van der Waals surface area contributed by atoms with E-state index in [0.29, 0.717) is 11.6 Å². The standard InChI is InChI=1S/C11H7ClN2/c12-11-9(5-6-13)7-8-3-1-2-4-10(8)14-11/h1-4,7H,5H2. The van der Waals surface area contributed by atoms with E-state index in [9.17, 15) is 0 Å². The number of nitrogens with zero attached hydrogens (tertiary/aromatic N) is 2. The number of fused-ring (bicyclic) bond motifs is 1. The van der Waals surface area contributed by atoms with Gasteiger partial charge in [-0.05, 0) is 12.1 Å². The molecule has 0 spiro atoms. The molecule has 0 radical (unpaired) electrons. The molecule has 0 N–H and O–H groups in total. The second-order valence-electron chi connectivity index (χ2n) is 2.97.